The van der Waals surface area contributed by atoms with Crippen LogP contribution in [0.5, 0.6) is 0 Å². The van der Waals surface area contributed by atoms with E-state index in [1.807, 2.05) is 0 Å². The molecule has 0 aliphatic rings. The first-order chi connectivity index (χ1) is 9.17. The van der Waals surface area contributed by atoms with Crippen molar-refractivity contribution in [3.63, 3.8) is 0 Å². The predicted octanol–water partition coefficient (Wildman–Crippen LogP) is 3.21. The van der Waals surface area contributed by atoms with Crippen molar-refractivity contribution in [3.05, 3.63) is 40.4 Å². The molecule has 0 bridgehead atoms. The van der Waals surface area contributed by atoms with Gasteiger partial charge in [-0.2, -0.15) is 0 Å². The molecule has 1 heterocycles. The van der Waals surface area contributed by atoms with Gasteiger partial charge in [-0.15, -0.1) is 5.10 Å². The molecule has 0 radical (unpaired) electrons. The summed E-state index contributed by atoms with van der Waals surface area (Å²) in [5.74, 6) is -0.490. The Hall–Kier alpha value is -1.75. The van der Waals surface area contributed by atoms with Crippen LogP contribution in [0.3, 0.4) is 0 Å². The van der Waals surface area contributed by atoms with Crippen LogP contribution < -0.4 is 0 Å². The van der Waals surface area contributed by atoms with Crippen LogP contribution >= 0.6 is 11.6 Å². The molecule has 1 aromatic carbocycles. The Morgan fingerprint density at radius 2 is 2.26 bits per heavy atom. The lowest BCUT2D eigenvalue weighted by Gasteiger charge is -2.07. The van der Waals surface area contributed by atoms with Crippen molar-refractivity contribution < 1.29 is 9.18 Å². The minimum Gasteiger partial charge on any atom is -0.296 e. The molecule has 0 spiro atoms. The van der Waals surface area contributed by atoms with E-state index in [2.05, 4.69) is 17.2 Å². The van der Waals surface area contributed by atoms with Crippen LogP contribution in [0.1, 0.15) is 35.9 Å². The molecule has 0 saturated heterocycles. The molecule has 0 N–H and O–H groups in total. The first-order valence-corrected chi connectivity index (χ1v) is 6.40. The third-order valence-electron chi connectivity index (χ3n) is 2.82. The fourth-order valence-electron chi connectivity index (χ4n) is 1.81. The van der Waals surface area contributed by atoms with Gasteiger partial charge in [0.25, 0.3) is 0 Å². The smallest absolute Gasteiger partial charge is 0.172 e. The van der Waals surface area contributed by atoms with Crippen LogP contribution in [0, 0.1) is 5.82 Å². The number of aromatic nitrogens is 3. The monoisotopic (exact) mass is 281 g/mol. The summed E-state index contributed by atoms with van der Waals surface area (Å²) in [6.07, 6.45) is 3.28. The van der Waals surface area contributed by atoms with Crippen molar-refractivity contribution in [1.29, 1.82) is 0 Å². The zero-order valence-electron chi connectivity index (χ0n) is 10.4. The second-order valence-corrected chi connectivity index (χ2v) is 4.56. The number of rotatable bonds is 5. The average Bonchev–Trinajstić information content (AvgIpc) is 2.82. The summed E-state index contributed by atoms with van der Waals surface area (Å²) in [4.78, 5) is 11.0. The number of carbonyl (C=O) groups excluding carboxylic acids is 1. The second kappa shape index (κ2) is 5.93. The van der Waals surface area contributed by atoms with Gasteiger partial charge >= 0.3 is 0 Å². The van der Waals surface area contributed by atoms with E-state index in [4.69, 9.17) is 11.6 Å². The topological polar surface area (TPSA) is 47.8 Å². The van der Waals surface area contributed by atoms with Gasteiger partial charge in [0.2, 0.25) is 0 Å². The molecule has 2 rings (SSSR count). The summed E-state index contributed by atoms with van der Waals surface area (Å²) in [6.45, 7) is 2.06. The van der Waals surface area contributed by atoms with E-state index in [-0.39, 0.29) is 5.02 Å². The highest BCUT2D eigenvalue weighted by atomic mass is 35.5. The Balaban J connectivity index is 2.45. The number of carbonyl (C=O) groups is 1. The molecular weight excluding hydrogens is 269 g/mol. The van der Waals surface area contributed by atoms with Crippen LogP contribution in [0.15, 0.2) is 18.2 Å². The number of unbranched alkanes of at least 4 members (excludes halogenated alkanes) is 1. The standard InChI is InChI=1S/C13H13ClFN3O/c1-2-3-4-13-12(8-19)16-17-18(13)9-5-6-11(15)10(14)7-9/h5-8H,2-4H2,1H3. The van der Waals surface area contributed by atoms with Gasteiger partial charge in [0, 0.05) is 0 Å². The highest BCUT2D eigenvalue weighted by Gasteiger charge is 2.14. The van der Waals surface area contributed by atoms with Gasteiger partial charge in [-0.05, 0) is 31.0 Å². The second-order valence-electron chi connectivity index (χ2n) is 4.15. The Bertz CT molecular complexity index is 598. The number of hydrogen-bond donors (Lipinski definition) is 0. The van der Waals surface area contributed by atoms with Crippen molar-refractivity contribution in [2.24, 2.45) is 0 Å². The SMILES string of the molecule is CCCCc1c(C=O)nnn1-c1ccc(F)c(Cl)c1. The third kappa shape index (κ3) is 2.81. The number of nitrogens with zero attached hydrogens (tertiary/aromatic N) is 3. The van der Waals surface area contributed by atoms with Gasteiger partial charge < -0.3 is 0 Å². The third-order valence-corrected chi connectivity index (χ3v) is 3.11. The lowest BCUT2D eigenvalue weighted by atomic mass is 10.1. The Morgan fingerprint density at radius 1 is 1.47 bits per heavy atom. The first-order valence-electron chi connectivity index (χ1n) is 6.02. The summed E-state index contributed by atoms with van der Waals surface area (Å²) in [5.41, 5.74) is 1.63. The summed E-state index contributed by atoms with van der Waals surface area (Å²) in [7, 11) is 0. The molecule has 0 saturated carbocycles. The molecule has 0 aliphatic carbocycles. The number of halogens is 2. The largest absolute Gasteiger partial charge is 0.296 e. The van der Waals surface area contributed by atoms with Crippen LogP contribution in [-0.2, 0) is 6.42 Å². The van der Waals surface area contributed by atoms with E-state index in [0.29, 0.717) is 24.1 Å². The summed E-state index contributed by atoms with van der Waals surface area (Å²) < 4.78 is 14.7. The Morgan fingerprint density at radius 3 is 2.89 bits per heavy atom. The molecule has 0 fully saturated rings. The maximum atomic E-state index is 13.2. The highest BCUT2D eigenvalue weighted by Crippen LogP contribution is 2.20. The normalized spacial score (nSPS) is 10.7. The molecule has 0 unspecified atom stereocenters. The lowest BCUT2D eigenvalue weighted by molar-refractivity contribution is 0.111. The summed E-state index contributed by atoms with van der Waals surface area (Å²) >= 11 is 5.76. The molecule has 6 heteroatoms. The molecular formula is C13H13ClFN3O. The van der Waals surface area contributed by atoms with Gasteiger partial charge in [-0.3, -0.25) is 4.79 Å². The van der Waals surface area contributed by atoms with Crippen LogP contribution in [-0.4, -0.2) is 21.3 Å². The number of benzene rings is 1. The molecule has 0 aliphatic heterocycles. The van der Waals surface area contributed by atoms with E-state index in [0.717, 1.165) is 18.5 Å². The average molecular weight is 282 g/mol. The quantitative estimate of drug-likeness (QED) is 0.791. The van der Waals surface area contributed by atoms with E-state index >= 15 is 0 Å². The van der Waals surface area contributed by atoms with Crippen LogP contribution in [0.2, 0.25) is 5.02 Å². The molecule has 100 valence electrons. The lowest BCUT2D eigenvalue weighted by Crippen LogP contribution is -2.04. The van der Waals surface area contributed by atoms with Crippen molar-refractivity contribution >= 4 is 17.9 Å². The summed E-state index contributed by atoms with van der Waals surface area (Å²) in [6, 6.07) is 4.29. The molecule has 0 atom stereocenters. The maximum absolute atomic E-state index is 13.2. The van der Waals surface area contributed by atoms with Gasteiger partial charge in [-0.1, -0.05) is 30.2 Å². The fourth-order valence-corrected chi connectivity index (χ4v) is 1.98. The maximum Gasteiger partial charge on any atom is 0.172 e. The Kier molecular flexibility index (Phi) is 4.27. The predicted molar refractivity (Wildman–Crippen MR) is 70.3 cm³/mol. The van der Waals surface area contributed by atoms with Crippen molar-refractivity contribution in [2.75, 3.05) is 0 Å². The van der Waals surface area contributed by atoms with Gasteiger partial charge in [0.1, 0.15) is 11.5 Å². The van der Waals surface area contributed by atoms with E-state index in [1.165, 1.54) is 16.8 Å². The molecule has 2 aromatic rings. The van der Waals surface area contributed by atoms with E-state index < -0.39 is 5.82 Å². The van der Waals surface area contributed by atoms with Crippen LogP contribution in [0.25, 0.3) is 5.69 Å². The minimum atomic E-state index is -0.490. The Labute approximate surface area is 115 Å². The molecule has 0 amide bonds. The molecule has 4 nitrogen and oxygen atoms in total. The van der Waals surface area contributed by atoms with Gasteiger partial charge in [0.15, 0.2) is 6.29 Å². The zero-order valence-corrected chi connectivity index (χ0v) is 11.2. The number of aldehydes is 1. The minimum absolute atomic E-state index is 0.0158. The zero-order chi connectivity index (χ0) is 13.8. The first kappa shape index (κ1) is 13.7. The fraction of sp³-hybridized carbons (Fsp3) is 0.308. The van der Waals surface area contributed by atoms with Crippen molar-refractivity contribution in [1.82, 2.24) is 15.0 Å². The van der Waals surface area contributed by atoms with E-state index in [1.54, 1.807) is 6.07 Å². The van der Waals surface area contributed by atoms with Crippen molar-refractivity contribution in [3.8, 4) is 5.69 Å². The summed E-state index contributed by atoms with van der Waals surface area (Å²) in [5, 5.41) is 7.78. The highest BCUT2D eigenvalue weighted by molar-refractivity contribution is 6.30. The van der Waals surface area contributed by atoms with Crippen LogP contribution in [0.4, 0.5) is 4.39 Å². The van der Waals surface area contributed by atoms with Gasteiger partial charge in [-0.25, -0.2) is 9.07 Å². The molecule has 1 aromatic heterocycles. The van der Waals surface area contributed by atoms with Gasteiger partial charge in [0.05, 0.1) is 16.4 Å². The van der Waals surface area contributed by atoms with Crippen molar-refractivity contribution in [2.45, 2.75) is 26.2 Å². The number of hydrogen-bond acceptors (Lipinski definition) is 3. The molecule has 19 heavy (non-hydrogen) atoms. The van der Waals surface area contributed by atoms with E-state index in [9.17, 15) is 9.18 Å².